The minimum absolute atomic E-state index is 0.0174. The zero-order valence-electron chi connectivity index (χ0n) is 12.8. The van der Waals surface area contributed by atoms with Crippen LogP contribution in [-0.4, -0.2) is 47.4 Å². The largest absolute Gasteiger partial charge is 0.487 e. The summed E-state index contributed by atoms with van der Waals surface area (Å²) in [5.74, 6) is -2.18. The molecule has 1 unspecified atom stereocenters. The third kappa shape index (κ3) is 3.32. The molecule has 0 bridgehead atoms. The van der Waals surface area contributed by atoms with Gasteiger partial charge >= 0.3 is 12.1 Å². The number of carbonyl (C=O) groups is 2. The molecule has 0 radical (unpaired) electrons. The van der Waals surface area contributed by atoms with Crippen LogP contribution in [0, 0.1) is 5.82 Å². The van der Waals surface area contributed by atoms with Crippen LogP contribution < -0.4 is 4.74 Å². The number of aromatic carboxylic acids is 1. The van der Waals surface area contributed by atoms with Crippen molar-refractivity contribution in [3.63, 3.8) is 0 Å². The van der Waals surface area contributed by atoms with Crippen LogP contribution in [0.25, 0.3) is 0 Å². The fourth-order valence-corrected chi connectivity index (χ4v) is 3.07. The van der Waals surface area contributed by atoms with Crippen LogP contribution >= 0.6 is 11.3 Å². The number of halogens is 1. The van der Waals surface area contributed by atoms with Crippen LogP contribution in [0.2, 0.25) is 0 Å². The monoisotopic (exact) mass is 331 g/mol. The van der Waals surface area contributed by atoms with Gasteiger partial charge in [-0.15, -0.1) is 11.3 Å². The SMILES string of the molecule is CN(C(=O)OC(C)(C)C)C1COc2c(sc(C(=O)O)c2F)C1. The third-order valence-electron chi connectivity index (χ3n) is 3.14. The van der Waals surface area contributed by atoms with E-state index in [9.17, 15) is 14.0 Å². The molecule has 0 aromatic carbocycles. The Morgan fingerprint density at radius 1 is 1.45 bits per heavy atom. The van der Waals surface area contributed by atoms with Crippen molar-refractivity contribution in [2.24, 2.45) is 0 Å². The van der Waals surface area contributed by atoms with Gasteiger partial charge in [-0.3, -0.25) is 0 Å². The first-order valence-electron chi connectivity index (χ1n) is 6.73. The summed E-state index contributed by atoms with van der Waals surface area (Å²) in [5.41, 5.74) is -0.614. The topological polar surface area (TPSA) is 76.1 Å². The molecule has 0 saturated heterocycles. The van der Waals surface area contributed by atoms with Gasteiger partial charge in [-0.2, -0.15) is 0 Å². The Labute approximate surface area is 131 Å². The van der Waals surface area contributed by atoms with Gasteiger partial charge in [-0.1, -0.05) is 0 Å². The number of ether oxygens (including phenoxy) is 2. The number of hydrogen-bond acceptors (Lipinski definition) is 5. The lowest BCUT2D eigenvalue weighted by Crippen LogP contribution is -2.46. The quantitative estimate of drug-likeness (QED) is 0.902. The van der Waals surface area contributed by atoms with E-state index in [1.54, 1.807) is 27.8 Å². The van der Waals surface area contributed by atoms with Crippen LogP contribution in [0.4, 0.5) is 9.18 Å². The van der Waals surface area contributed by atoms with E-state index >= 15 is 0 Å². The van der Waals surface area contributed by atoms with E-state index in [4.69, 9.17) is 14.6 Å². The summed E-state index contributed by atoms with van der Waals surface area (Å²) in [5, 5.41) is 8.94. The van der Waals surface area contributed by atoms with Gasteiger partial charge in [0.1, 0.15) is 12.2 Å². The van der Waals surface area contributed by atoms with Gasteiger partial charge in [-0.05, 0) is 20.8 Å². The number of thiophene rings is 1. The van der Waals surface area contributed by atoms with E-state index in [2.05, 4.69) is 0 Å². The van der Waals surface area contributed by atoms with Crippen molar-refractivity contribution >= 4 is 23.4 Å². The normalized spacial score (nSPS) is 17.4. The summed E-state index contributed by atoms with van der Waals surface area (Å²) in [7, 11) is 1.58. The van der Waals surface area contributed by atoms with Gasteiger partial charge in [0.05, 0.1) is 10.9 Å². The molecular formula is C14H18FNO5S. The van der Waals surface area contributed by atoms with Crippen LogP contribution in [0.1, 0.15) is 35.3 Å². The Hall–Kier alpha value is -1.83. The highest BCUT2D eigenvalue weighted by Crippen LogP contribution is 2.38. The molecule has 1 aliphatic rings. The summed E-state index contributed by atoms with van der Waals surface area (Å²) in [6.07, 6.45) is -0.167. The number of amides is 1. The molecule has 8 heteroatoms. The summed E-state index contributed by atoms with van der Waals surface area (Å²) >= 11 is 0.838. The average molecular weight is 331 g/mol. The molecule has 1 atom stereocenters. The van der Waals surface area contributed by atoms with Gasteiger partial charge in [-0.25, -0.2) is 14.0 Å². The van der Waals surface area contributed by atoms with E-state index in [0.29, 0.717) is 11.3 Å². The fourth-order valence-electron chi connectivity index (χ4n) is 2.04. The Bertz CT molecular complexity index is 607. The molecule has 0 saturated carbocycles. The van der Waals surface area contributed by atoms with Crippen molar-refractivity contribution < 1.29 is 28.6 Å². The molecule has 1 N–H and O–H groups in total. The molecule has 122 valence electrons. The van der Waals surface area contributed by atoms with E-state index in [1.165, 1.54) is 4.90 Å². The number of likely N-dealkylation sites (N-methyl/N-ethyl adjacent to an activating group) is 1. The van der Waals surface area contributed by atoms with Crippen LogP contribution in [0.5, 0.6) is 5.75 Å². The van der Waals surface area contributed by atoms with Gasteiger partial charge in [0.15, 0.2) is 16.4 Å². The maximum absolute atomic E-state index is 13.9. The number of fused-ring (bicyclic) bond motifs is 1. The number of nitrogens with zero attached hydrogens (tertiary/aromatic N) is 1. The number of carboxylic acids is 1. The second-order valence-corrected chi connectivity index (χ2v) is 7.17. The van der Waals surface area contributed by atoms with Gasteiger partial charge < -0.3 is 19.5 Å². The maximum Gasteiger partial charge on any atom is 0.410 e. The summed E-state index contributed by atoms with van der Waals surface area (Å²) in [6, 6.07) is -0.331. The minimum Gasteiger partial charge on any atom is -0.487 e. The highest BCUT2D eigenvalue weighted by atomic mass is 32.1. The van der Waals surface area contributed by atoms with Crippen LogP contribution in [0.15, 0.2) is 0 Å². The van der Waals surface area contributed by atoms with Gasteiger partial charge in [0.2, 0.25) is 0 Å². The lowest BCUT2D eigenvalue weighted by molar-refractivity contribution is 0.0159. The highest BCUT2D eigenvalue weighted by molar-refractivity contribution is 7.14. The number of carboxylic acid groups (broad SMARTS) is 1. The lowest BCUT2D eigenvalue weighted by atomic mass is 10.1. The molecule has 2 heterocycles. The number of hydrogen-bond donors (Lipinski definition) is 1. The Balaban J connectivity index is 2.13. The molecule has 1 aromatic rings. The van der Waals surface area contributed by atoms with Gasteiger partial charge in [0, 0.05) is 13.5 Å². The third-order valence-corrected chi connectivity index (χ3v) is 4.30. The first kappa shape index (κ1) is 16.5. The Morgan fingerprint density at radius 2 is 2.09 bits per heavy atom. The zero-order valence-corrected chi connectivity index (χ0v) is 13.6. The molecule has 1 amide bonds. The maximum atomic E-state index is 13.9. The molecule has 6 nitrogen and oxygen atoms in total. The van der Waals surface area contributed by atoms with Crippen molar-refractivity contribution in [2.45, 2.75) is 38.8 Å². The van der Waals surface area contributed by atoms with E-state index < -0.39 is 23.5 Å². The zero-order chi connectivity index (χ0) is 16.7. The number of rotatable bonds is 2. The smallest absolute Gasteiger partial charge is 0.410 e. The summed E-state index contributed by atoms with van der Waals surface area (Å²) in [6.45, 7) is 5.39. The molecule has 1 aromatic heterocycles. The van der Waals surface area contributed by atoms with E-state index in [0.717, 1.165) is 11.3 Å². The standard InChI is InChI=1S/C14H18FNO5S/c1-14(2,3)21-13(19)16(4)7-5-8-10(20-6-7)9(15)11(22-8)12(17)18/h7H,5-6H2,1-4H3,(H,17,18). The van der Waals surface area contributed by atoms with E-state index in [1.807, 2.05) is 0 Å². The molecule has 0 fully saturated rings. The summed E-state index contributed by atoms with van der Waals surface area (Å²) in [4.78, 5) is 24.5. The fraction of sp³-hybridized carbons (Fsp3) is 0.571. The highest BCUT2D eigenvalue weighted by Gasteiger charge is 2.34. The average Bonchev–Trinajstić information content (AvgIpc) is 2.73. The van der Waals surface area contributed by atoms with Crippen molar-refractivity contribution in [1.82, 2.24) is 4.90 Å². The van der Waals surface area contributed by atoms with Crippen molar-refractivity contribution in [1.29, 1.82) is 0 Å². The first-order valence-corrected chi connectivity index (χ1v) is 7.55. The molecular weight excluding hydrogens is 313 g/mol. The summed E-state index contributed by atoms with van der Waals surface area (Å²) < 4.78 is 24.5. The van der Waals surface area contributed by atoms with Crippen LogP contribution in [0.3, 0.4) is 0 Å². The van der Waals surface area contributed by atoms with Crippen LogP contribution in [-0.2, 0) is 11.2 Å². The second-order valence-electron chi connectivity index (χ2n) is 6.06. The first-order chi connectivity index (χ1) is 10.1. The minimum atomic E-state index is -1.32. The molecule has 0 spiro atoms. The van der Waals surface area contributed by atoms with Gasteiger partial charge in [0.25, 0.3) is 0 Å². The second kappa shape index (κ2) is 5.75. The Morgan fingerprint density at radius 3 is 2.64 bits per heavy atom. The Kier molecular flexibility index (Phi) is 4.32. The van der Waals surface area contributed by atoms with Crippen molar-refractivity contribution in [3.05, 3.63) is 15.6 Å². The van der Waals surface area contributed by atoms with Crippen molar-refractivity contribution in [3.8, 4) is 5.75 Å². The van der Waals surface area contributed by atoms with E-state index in [-0.39, 0.29) is 23.3 Å². The molecule has 1 aliphatic heterocycles. The number of carbonyl (C=O) groups excluding carboxylic acids is 1. The van der Waals surface area contributed by atoms with Crippen molar-refractivity contribution in [2.75, 3.05) is 13.7 Å². The molecule has 0 aliphatic carbocycles. The molecule has 2 rings (SSSR count). The lowest BCUT2D eigenvalue weighted by Gasteiger charge is -2.32. The predicted octanol–water partition coefficient (Wildman–Crippen LogP) is 2.76. The predicted molar refractivity (Wildman–Crippen MR) is 78.2 cm³/mol. The molecule has 22 heavy (non-hydrogen) atoms.